The minimum absolute atomic E-state index is 0.135. The molecule has 0 N–H and O–H groups in total. The van der Waals surface area contributed by atoms with Crippen molar-refractivity contribution in [2.75, 3.05) is 18.0 Å². The number of carbonyl (C=O) groups is 1. The van der Waals surface area contributed by atoms with Crippen molar-refractivity contribution in [2.45, 2.75) is 37.5 Å². The van der Waals surface area contributed by atoms with Crippen LogP contribution in [0.25, 0.3) is 10.2 Å². The minimum atomic E-state index is -3.72. The maximum absolute atomic E-state index is 13.7. The molecule has 0 bridgehead atoms. The zero-order valence-corrected chi connectivity index (χ0v) is 22.6. The number of thiazole rings is 1. The fourth-order valence-electron chi connectivity index (χ4n) is 4.28. The van der Waals surface area contributed by atoms with E-state index < -0.39 is 10.0 Å². The van der Waals surface area contributed by atoms with Crippen LogP contribution in [0.1, 0.15) is 29.9 Å². The third-order valence-corrected chi connectivity index (χ3v) is 9.11. The van der Waals surface area contributed by atoms with E-state index in [0.29, 0.717) is 21.4 Å². The van der Waals surface area contributed by atoms with Crippen LogP contribution in [0.2, 0.25) is 5.02 Å². The van der Waals surface area contributed by atoms with E-state index in [1.807, 2.05) is 44.2 Å². The van der Waals surface area contributed by atoms with Crippen LogP contribution < -0.4 is 4.90 Å². The first-order valence-electron chi connectivity index (χ1n) is 11.7. The van der Waals surface area contributed by atoms with E-state index in [1.54, 1.807) is 17.2 Å². The summed E-state index contributed by atoms with van der Waals surface area (Å²) in [5.41, 5.74) is 1.78. The molecule has 3 heterocycles. The number of ether oxygens (including phenoxy) is 1. The number of anilines is 1. The number of amides is 1. The summed E-state index contributed by atoms with van der Waals surface area (Å²) < 4.78 is 34.4. The number of carbonyl (C=O) groups excluding carboxylic acids is 1. The van der Waals surface area contributed by atoms with Crippen molar-refractivity contribution in [3.8, 4) is 0 Å². The number of pyridine rings is 1. The molecule has 0 aliphatic carbocycles. The number of halogens is 1. The highest BCUT2D eigenvalue weighted by Gasteiger charge is 2.32. The van der Waals surface area contributed by atoms with Gasteiger partial charge in [0.05, 0.1) is 39.6 Å². The lowest BCUT2D eigenvalue weighted by atomic mass is 10.2. The van der Waals surface area contributed by atoms with Crippen molar-refractivity contribution in [1.29, 1.82) is 0 Å². The predicted molar refractivity (Wildman–Crippen MR) is 145 cm³/mol. The number of aromatic nitrogens is 2. The van der Waals surface area contributed by atoms with Gasteiger partial charge in [-0.15, -0.1) is 0 Å². The molecule has 0 saturated carbocycles. The van der Waals surface area contributed by atoms with Gasteiger partial charge in [-0.25, -0.2) is 13.4 Å². The van der Waals surface area contributed by atoms with Gasteiger partial charge in [0, 0.05) is 29.9 Å². The van der Waals surface area contributed by atoms with Gasteiger partial charge in [-0.1, -0.05) is 29.0 Å². The molecule has 2 atom stereocenters. The smallest absolute Gasteiger partial charge is 0.260 e. The van der Waals surface area contributed by atoms with Crippen LogP contribution >= 0.6 is 22.9 Å². The van der Waals surface area contributed by atoms with Gasteiger partial charge in [-0.2, -0.15) is 4.31 Å². The predicted octanol–water partition coefficient (Wildman–Crippen LogP) is 4.99. The Kier molecular flexibility index (Phi) is 7.28. The number of morpholine rings is 1. The number of nitrogens with zero attached hydrogens (tertiary/aromatic N) is 4. The van der Waals surface area contributed by atoms with E-state index in [-0.39, 0.29) is 42.6 Å². The zero-order chi connectivity index (χ0) is 26.2. The molecule has 8 nitrogen and oxygen atoms in total. The van der Waals surface area contributed by atoms with Crippen LogP contribution in [-0.4, -0.2) is 53.9 Å². The van der Waals surface area contributed by atoms with E-state index >= 15 is 0 Å². The second-order valence-corrected chi connectivity index (χ2v) is 12.3. The Bertz CT molecular complexity index is 1520. The first kappa shape index (κ1) is 25.7. The molecule has 0 radical (unpaired) electrons. The molecular weight excluding hydrogens is 532 g/mol. The third-order valence-electron chi connectivity index (χ3n) is 5.99. The summed E-state index contributed by atoms with van der Waals surface area (Å²) in [6.45, 7) is 4.48. The van der Waals surface area contributed by atoms with Crippen molar-refractivity contribution in [3.05, 3.63) is 83.1 Å². The molecule has 11 heteroatoms. The van der Waals surface area contributed by atoms with E-state index in [4.69, 9.17) is 16.3 Å². The highest BCUT2D eigenvalue weighted by atomic mass is 35.5. The van der Waals surface area contributed by atoms with Crippen LogP contribution in [0.15, 0.2) is 71.8 Å². The second-order valence-electron chi connectivity index (χ2n) is 8.92. The topological polar surface area (TPSA) is 92.7 Å². The van der Waals surface area contributed by atoms with E-state index in [9.17, 15) is 13.2 Å². The monoisotopic (exact) mass is 556 g/mol. The van der Waals surface area contributed by atoms with Crippen molar-refractivity contribution in [3.63, 3.8) is 0 Å². The summed E-state index contributed by atoms with van der Waals surface area (Å²) >= 11 is 7.50. The summed E-state index contributed by atoms with van der Waals surface area (Å²) in [6.07, 6.45) is 1.29. The largest absolute Gasteiger partial charge is 0.373 e. The molecule has 0 spiro atoms. The molecule has 1 aliphatic heterocycles. The summed E-state index contributed by atoms with van der Waals surface area (Å²) in [6, 6.07) is 16.9. The van der Waals surface area contributed by atoms with Gasteiger partial charge >= 0.3 is 0 Å². The molecule has 1 fully saturated rings. The Morgan fingerprint density at radius 1 is 1.11 bits per heavy atom. The molecule has 192 valence electrons. The molecule has 1 aliphatic rings. The summed E-state index contributed by atoms with van der Waals surface area (Å²) in [5, 5.41) is 1.09. The van der Waals surface area contributed by atoms with Crippen molar-refractivity contribution >= 4 is 54.2 Å². The normalized spacial score (nSPS) is 18.7. The Hall–Kier alpha value is -2.89. The van der Waals surface area contributed by atoms with Gasteiger partial charge in [0.15, 0.2) is 5.13 Å². The maximum Gasteiger partial charge on any atom is 0.260 e. The van der Waals surface area contributed by atoms with Crippen LogP contribution in [0.4, 0.5) is 5.13 Å². The lowest BCUT2D eigenvalue weighted by Crippen LogP contribution is -2.48. The van der Waals surface area contributed by atoms with Crippen molar-refractivity contribution in [1.82, 2.24) is 14.3 Å². The summed E-state index contributed by atoms with van der Waals surface area (Å²) in [4.78, 5) is 24.4. The number of hydrogen-bond donors (Lipinski definition) is 0. The van der Waals surface area contributed by atoms with Crippen LogP contribution in [0.5, 0.6) is 0 Å². The first-order chi connectivity index (χ1) is 17.7. The molecule has 5 rings (SSSR count). The van der Waals surface area contributed by atoms with E-state index in [1.165, 1.54) is 39.9 Å². The number of benzene rings is 2. The summed E-state index contributed by atoms with van der Waals surface area (Å²) in [7, 11) is -3.72. The second kappa shape index (κ2) is 10.5. The number of fused-ring (bicyclic) bond motifs is 1. The van der Waals surface area contributed by atoms with Gasteiger partial charge in [0.1, 0.15) is 0 Å². The first-order valence-corrected chi connectivity index (χ1v) is 14.4. The molecular formula is C26H25ClN4O4S2. The van der Waals surface area contributed by atoms with E-state index in [2.05, 4.69) is 9.97 Å². The fourth-order valence-corrected chi connectivity index (χ4v) is 7.11. The van der Waals surface area contributed by atoms with Gasteiger partial charge in [0.25, 0.3) is 5.91 Å². The maximum atomic E-state index is 13.7. The SMILES string of the molecule is CC1CN(S(=O)(=O)c2ccc(C(=O)N(Cc3ccccn3)c3nc4ccc(Cl)cc4s3)cc2)CC(C)O1. The quantitative estimate of drug-likeness (QED) is 0.332. The van der Waals surface area contributed by atoms with Crippen molar-refractivity contribution in [2.24, 2.45) is 0 Å². The molecule has 2 aromatic heterocycles. The highest BCUT2D eigenvalue weighted by Crippen LogP contribution is 2.32. The van der Waals surface area contributed by atoms with Gasteiger partial charge < -0.3 is 4.74 Å². The Morgan fingerprint density at radius 2 is 1.84 bits per heavy atom. The van der Waals surface area contributed by atoms with Crippen molar-refractivity contribution < 1.29 is 17.9 Å². The lowest BCUT2D eigenvalue weighted by molar-refractivity contribution is -0.0440. The average molecular weight is 557 g/mol. The van der Waals surface area contributed by atoms with E-state index in [0.717, 1.165) is 10.2 Å². The highest BCUT2D eigenvalue weighted by molar-refractivity contribution is 7.89. The van der Waals surface area contributed by atoms with Gasteiger partial charge in [-0.05, 0) is 68.4 Å². The number of sulfonamides is 1. The third kappa shape index (κ3) is 5.53. The molecule has 1 amide bonds. The molecule has 37 heavy (non-hydrogen) atoms. The average Bonchev–Trinajstić information content (AvgIpc) is 3.30. The standard InChI is InChI=1S/C26H25ClN4O4S2/c1-17-14-30(15-18(2)35-17)37(33,34)22-9-6-19(7-10-22)25(32)31(16-21-5-3-4-12-28-21)26-29-23-11-8-20(27)13-24(23)36-26/h3-13,17-18H,14-16H2,1-2H3. The Balaban J connectivity index is 1.45. The summed E-state index contributed by atoms with van der Waals surface area (Å²) in [5.74, 6) is -0.312. The Labute approximate surface area is 224 Å². The molecule has 1 saturated heterocycles. The molecule has 2 aromatic carbocycles. The van der Waals surface area contributed by atoms with Crippen LogP contribution in [-0.2, 0) is 21.3 Å². The lowest BCUT2D eigenvalue weighted by Gasteiger charge is -2.34. The Morgan fingerprint density at radius 3 is 2.51 bits per heavy atom. The fraction of sp³-hybridized carbons (Fsp3) is 0.269. The van der Waals surface area contributed by atoms with Crippen LogP contribution in [0, 0.1) is 0 Å². The van der Waals surface area contributed by atoms with Gasteiger partial charge in [-0.3, -0.25) is 14.7 Å². The van der Waals surface area contributed by atoms with Crippen LogP contribution in [0.3, 0.4) is 0 Å². The molecule has 2 unspecified atom stereocenters. The number of hydrogen-bond acceptors (Lipinski definition) is 7. The molecule has 4 aromatic rings. The zero-order valence-electron chi connectivity index (χ0n) is 20.2. The minimum Gasteiger partial charge on any atom is -0.373 e. The van der Waals surface area contributed by atoms with Gasteiger partial charge in [0.2, 0.25) is 10.0 Å². The number of rotatable bonds is 6.